The first-order valence-corrected chi connectivity index (χ1v) is 8.79. The average Bonchev–Trinajstić information content (AvgIpc) is 2.88. The van der Waals surface area contributed by atoms with E-state index in [2.05, 4.69) is 4.72 Å². The Kier molecular flexibility index (Phi) is 5.10. The molecule has 0 saturated carbocycles. The van der Waals surface area contributed by atoms with Gasteiger partial charge in [0, 0.05) is 16.5 Å². The molecule has 2 aromatic rings. The minimum Gasteiger partial charge on any atom is -0.330 e. The molecule has 2 rings (SSSR count). The summed E-state index contributed by atoms with van der Waals surface area (Å²) in [6.07, 6.45) is 0.642. The molecule has 0 spiro atoms. The number of hydrogen-bond donors (Lipinski definition) is 2. The van der Waals surface area contributed by atoms with Crippen LogP contribution in [0.3, 0.4) is 0 Å². The van der Waals surface area contributed by atoms with Gasteiger partial charge in [0.2, 0.25) is 0 Å². The van der Waals surface area contributed by atoms with Crippen molar-refractivity contribution >= 4 is 21.4 Å². The van der Waals surface area contributed by atoms with E-state index in [1.54, 1.807) is 37.3 Å². The third-order valence-electron chi connectivity index (χ3n) is 3.00. The van der Waals surface area contributed by atoms with Gasteiger partial charge in [-0.25, -0.2) is 17.5 Å². The van der Waals surface area contributed by atoms with Gasteiger partial charge in [0.05, 0.1) is 0 Å². The lowest BCUT2D eigenvalue weighted by Crippen LogP contribution is -2.26. The highest BCUT2D eigenvalue weighted by Crippen LogP contribution is 2.24. The highest BCUT2D eigenvalue weighted by Gasteiger charge is 2.21. The molecule has 4 nitrogen and oxygen atoms in total. The van der Waals surface area contributed by atoms with Crippen molar-refractivity contribution in [3.8, 4) is 0 Å². The van der Waals surface area contributed by atoms with Gasteiger partial charge in [-0.1, -0.05) is 18.2 Å². The van der Waals surface area contributed by atoms with Crippen molar-refractivity contribution in [2.24, 2.45) is 5.73 Å². The predicted octanol–water partition coefficient (Wildman–Crippen LogP) is 2.43. The Morgan fingerprint density at radius 3 is 2.67 bits per heavy atom. The first kappa shape index (κ1) is 16.1. The molecule has 21 heavy (non-hydrogen) atoms. The molecule has 0 saturated heterocycles. The fraction of sp³-hybridized carbons (Fsp3) is 0.286. The molecule has 0 amide bonds. The smallest absolute Gasteiger partial charge is 0.250 e. The number of nitrogens with one attached hydrogen (secondary N) is 1. The van der Waals surface area contributed by atoms with Gasteiger partial charge < -0.3 is 5.73 Å². The first-order valence-electron chi connectivity index (χ1n) is 6.49. The second-order valence-electron chi connectivity index (χ2n) is 4.62. The molecular weight excluding hydrogens is 311 g/mol. The van der Waals surface area contributed by atoms with Gasteiger partial charge in [-0.15, -0.1) is 11.3 Å². The van der Waals surface area contributed by atoms with Crippen LogP contribution in [0.25, 0.3) is 0 Å². The van der Waals surface area contributed by atoms with E-state index in [9.17, 15) is 12.8 Å². The largest absolute Gasteiger partial charge is 0.330 e. The first-order chi connectivity index (χ1) is 9.94. The van der Waals surface area contributed by atoms with E-state index >= 15 is 0 Å². The summed E-state index contributed by atoms with van der Waals surface area (Å²) in [4.78, 5) is 0.913. The summed E-state index contributed by atoms with van der Waals surface area (Å²) in [5.74, 6) is -0.428. The molecule has 1 aromatic heterocycles. The third-order valence-corrected chi connectivity index (χ3v) is 6.17. The summed E-state index contributed by atoms with van der Waals surface area (Å²) < 4.78 is 41.0. The van der Waals surface area contributed by atoms with Crippen LogP contribution >= 0.6 is 11.3 Å². The normalized spacial score (nSPS) is 13.3. The van der Waals surface area contributed by atoms with Crippen LogP contribution in [0.15, 0.2) is 40.6 Å². The number of halogens is 1. The summed E-state index contributed by atoms with van der Waals surface area (Å²) in [5.41, 5.74) is 5.77. The van der Waals surface area contributed by atoms with E-state index in [-0.39, 0.29) is 4.21 Å². The third kappa shape index (κ3) is 3.88. The van der Waals surface area contributed by atoms with E-state index in [1.165, 1.54) is 17.4 Å². The number of rotatable bonds is 6. The Hall–Kier alpha value is -1.28. The summed E-state index contributed by atoms with van der Waals surface area (Å²) in [7, 11) is -3.66. The van der Waals surface area contributed by atoms with Crippen LogP contribution in [0.4, 0.5) is 4.39 Å². The van der Waals surface area contributed by atoms with Crippen LogP contribution in [0.1, 0.15) is 23.4 Å². The molecule has 0 aliphatic heterocycles. The molecule has 114 valence electrons. The SMILES string of the molecule is CC(NS(=O)(=O)c1ccc(CCN)s1)c1ccccc1F. The zero-order chi connectivity index (χ0) is 15.5. The number of benzene rings is 1. The summed E-state index contributed by atoms with van der Waals surface area (Å²) in [5, 5.41) is 0. The maximum Gasteiger partial charge on any atom is 0.250 e. The number of nitrogens with two attached hydrogens (primary N) is 1. The molecule has 1 heterocycles. The van der Waals surface area contributed by atoms with E-state index < -0.39 is 21.9 Å². The summed E-state index contributed by atoms with van der Waals surface area (Å²) in [6.45, 7) is 2.09. The van der Waals surface area contributed by atoms with Crippen molar-refractivity contribution in [2.75, 3.05) is 6.54 Å². The molecule has 3 N–H and O–H groups in total. The van der Waals surface area contributed by atoms with Crippen molar-refractivity contribution in [1.29, 1.82) is 0 Å². The van der Waals surface area contributed by atoms with Crippen LogP contribution in [-0.4, -0.2) is 15.0 Å². The monoisotopic (exact) mass is 328 g/mol. The van der Waals surface area contributed by atoms with Crippen molar-refractivity contribution < 1.29 is 12.8 Å². The Morgan fingerprint density at radius 1 is 1.29 bits per heavy atom. The molecule has 1 atom stereocenters. The lowest BCUT2D eigenvalue weighted by atomic mass is 10.1. The second kappa shape index (κ2) is 6.65. The minimum absolute atomic E-state index is 0.217. The Labute approximate surface area is 127 Å². The molecule has 0 radical (unpaired) electrons. The molecule has 0 fully saturated rings. The van der Waals surface area contributed by atoms with Gasteiger partial charge >= 0.3 is 0 Å². The second-order valence-corrected chi connectivity index (χ2v) is 7.73. The lowest BCUT2D eigenvalue weighted by molar-refractivity contribution is 0.551. The number of thiophene rings is 1. The molecule has 0 aliphatic rings. The predicted molar refractivity (Wildman–Crippen MR) is 82.2 cm³/mol. The van der Waals surface area contributed by atoms with Gasteiger partial charge in [-0.3, -0.25) is 0 Å². The maximum absolute atomic E-state index is 13.7. The molecule has 1 unspecified atom stereocenters. The highest BCUT2D eigenvalue weighted by atomic mass is 32.2. The van der Waals surface area contributed by atoms with Crippen LogP contribution in [0, 0.1) is 5.82 Å². The van der Waals surface area contributed by atoms with Crippen molar-refractivity contribution in [2.45, 2.75) is 23.6 Å². The van der Waals surface area contributed by atoms with Crippen molar-refractivity contribution in [3.05, 3.63) is 52.7 Å². The average molecular weight is 328 g/mol. The Bertz CT molecular complexity index is 713. The molecule has 7 heteroatoms. The van der Waals surface area contributed by atoms with Gasteiger partial charge in [-0.05, 0) is 38.1 Å². The topological polar surface area (TPSA) is 72.2 Å². The maximum atomic E-state index is 13.7. The van der Waals surface area contributed by atoms with Crippen LogP contribution in [0.2, 0.25) is 0 Å². The quantitative estimate of drug-likeness (QED) is 0.855. The zero-order valence-corrected chi connectivity index (χ0v) is 13.2. The summed E-state index contributed by atoms with van der Waals surface area (Å²) >= 11 is 1.18. The van der Waals surface area contributed by atoms with Crippen molar-refractivity contribution in [1.82, 2.24) is 4.72 Å². The Balaban J connectivity index is 2.18. The van der Waals surface area contributed by atoms with Gasteiger partial charge in [-0.2, -0.15) is 0 Å². The lowest BCUT2D eigenvalue weighted by Gasteiger charge is -2.14. The van der Waals surface area contributed by atoms with E-state index in [1.807, 2.05) is 0 Å². The minimum atomic E-state index is -3.66. The van der Waals surface area contributed by atoms with Gasteiger partial charge in [0.1, 0.15) is 10.0 Å². The summed E-state index contributed by atoms with van der Waals surface area (Å²) in [6, 6.07) is 8.77. The van der Waals surface area contributed by atoms with Gasteiger partial charge in [0.15, 0.2) is 0 Å². The van der Waals surface area contributed by atoms with Crippen LogP contribution < -0.4 is 10.5 Å². The fourth-order valence-electron chi connectivity index (χ4n) is 1.96. The molecule has 1 aromatic carbocycles. The fourth-order valence-corrected chi connectivity index (χ4v) is 4.57. The number of sulfonamides is 1. The zero-order valence-electron chi connectivity index (χ0n) is 11.5. The number of hydrogen-bond acceptors (Lipinski definition) is 4. The molecule has 0 bridgehead atoms. The highest BCUT2D eigenvalue weighted by molar-refractivity contribution is 7.91. The van der Waals surface area contributed by atoms with Crippen LogP contribution in [0.5, 0.6) is 0 Å². The van der Waals surface area contributed by atoms with E-state index in [0.29, 0.717) is 18.5 Å². The standard InChI is InChI=1S/C14H17FN2O2S2/c1-10(12-4-2-3-5-13(12)15)17-21(18,19)14-7-6-11(20-14)8-9-16/h2-7,10,17H,8-9,16H2,1H3. The molecular formula is C14H17FN2O2S2. The Morgan fingerprint density at radius 2 is 2.00 bits per heavy atom. The molecule has 0 aliphatic carbocycles. The van der Waals surface area contributed by atoms with Gasteiger partial charge in [0.25, 0.3) is 10.0 Å². The van der Waals surface area contributed by atoms with E-state index in [0.717, 1.165) is 4.88 Å². The van der Waals surface area contributed by atoms with Crippen molar-refractivity contribution in [3.63, 3.8) is 0 Å². The van der Waals surface area contributed by atoms with E-state index in [4.69, 9.17) is 5.73 Å². The van der Waals surface area contributed by atoms with Crippen LogP contribution in [-0.2, 0) is 16.4 Å².